The zero-order valence-electron chi connectivity index (χ0n) is 13.4. The van der Waals surface area contributed by atoms with Crippen molar-refractivity contribution in [3.63, 3.8) is 0 Å². The molecule has 0 radical (unpaired) electrons. The molecule has 0 unspecified atom stereocenters. The van der Waals surface area contributed by atoms with Gasteiger partial charge in [0.1, 0.15) is 12.4 Å². The van der Waals surface area contributed by atoms with E-state index in [0.29, 0.717) is 26.1 Å². The summed E-state index contributed by atoms with van der Waals surface area (Å²) >= 11 is 0. The van der Waals surface area contributed by atoms with E-state index in [0.717, 1.165) is 16.9 Å². The van der Waals surface area contributed by atoms with Crippen LogP contribution in [-0.2, 0) is 16.1 Å². The molecule has 2 rings (SSSR count). The summed E-state index contributed by atoms with van der Waals surface area (Å²) in [5.41, 5.74) is 2.23. The van der Waals surface area contributed by atoms with Gasteiger partial charge in [0, 0.05) is 6.42 Å². The maximum absolute atomic E-state index is 11.2. The molecule has 0 aliphatic rings. The highest BCUT2D eigenvalue weighted by atomic mass is 16.5. The van der Waals surface area contributed by atoms with E-state index in [4.69, 9.17) is 9.47 Å². The molecule has 120 valence electrons. The van der Waals surface area contributed by atoms with Crippen molar-refractivity contribution in [3.05, 3.63) is 71.8 Å². The first-order valence-corrected chi connectivity index (χ1v) is 7.87. The monoisotopic (exact) mass is 310 g/mol. The maximum atomic E-state index is 11.2. The minimum absolute atomic E-state index is 0.151. The van der Waals surface area contributed by atoms with Gasteiger partial charge in [-0.2, -0.15) is 0 Å². The van der Waals surface area contributed by atoms with Crippen LogP contribution in [0.1, 0.15) is 30.9 Å². The van der Waals surface area contributed by atoms with Crippen LogP contribution in [-0.4, -0.2) is 12.6 Å². The Balaban J connectivity index is 1.76. The minimum atomic E-state index is -0.151. The third-order valence-corrected chi connectivity index (χ3v) is 3.26. The molecule has 0 saturated heterocycles. The Morgan fingerprint density at radius 1 is 1.04 bits per heavy atom. The zero-order valence-corrected chi connectivity index (χ0v) is 13.4. The van der Waals surface area contributed by atoms with Gasteiger partial charge in [0.2, 0.25) is 0 Å². The largest absolute Gasteiger partial charge is 0.489 e. The normalized spacial score (nSPS) is 10.7. The summed E-state index contributed by atoms with van der Waals surface area (Å²) in [5, 5.41) is 0. The number of esters is 1. The molecule has 0 bridgehead atoms. The van der Waals surface area contributed by atoms with Crippen LogP contribution >= 0.6 is 0 Å². The van der Waals surface area contributed by atoms with Crippen LogP contribution in [0, 0.1) is 0 Å². The molecule has 0 aromatic heterocycles. The summed E-state index contributed by atoms with van der Waals surface area (Å²) < 4.78 is 10.6. The van der Waals surface area contributed by atoms with Gasteiger partial charge in [0.15, 0.2) is 0 Å². The molecule has 3 nitrogen and oxygen atoms in total. The lowest BCUT2D eigenvalue weighted by atomic mass is 10.2. The standard InChI is InChI=1S/C20H22O3/c1-2-22-20(21)11-7-6-8-17-12-14-19(15-13-17)23-16-18-9-4-3-5-10-18/h3-6,8-10,12-15H,2,7,11,16H2,1H3/b8-6-. The van der Waals surface area contributed by atoms with Gasteiger partial charge in [-0.05, 0) is 36.6 Å². The van der Waals surface area contributed by atoms with Crippen LogP contribution in [0.4, 0.5) is 0 Å². The molecule has 0 heterocycles. The van der Waals surface area contributed by atoms with Crippen molar-refractivity contribution >= 4 is 12.0 Å². The highest BCUT2D eigenvalue weighted by Gasteiger charge is 1.98. The first-order chi connectivity index (χ1) is 11.3. The zero-order chi connectivity index (χ0) is 16.3. The molecule has 23 heavy (non-hydrogen) atoms. The number of allylic oxidation sites excluding steroid dienone is 1. The Labute approximate surface area is 137 Å². The quantitative estimate of drug-likeness (QED) is 0.667. The lowest BCUT2D eigenvalue weighted by Gasteiger charge is -2.06. The fraction of sp³-hybridized carbons (Fsp3) is 0.250. The topological polar surface area (TPSA) is 35.5 Å². The second-order valence-electron chi connectivity index (χ2n) is 5.09. The first-order valence-electron chi connectivity index (χ1n) is 7.87. The summed E-state index contributed by atoms with van der Waals surface area (Å²) in [6.07, 6.45) is 5.09. The van der Waals surface area contributed by atoms with Crippen molar-refractivity contribution in [1.82, 2.24) is 0 Å². The number of rotatable bonds is 8. The smallest absolute Gasteiger partial charge is 0.306 e. The summed E-state index contributed by atoms with van der Waals surface area (Å²) in [5.74, 6) is 0.694. The van der Waals surface area contributed by atoms with Crippen LogP contribution in [0.5, 0.6) is 5.75 Å². The van der Waals surface area contributed by atoms with Gasteiger partial charge in [-0.1, -0.05) is 54.6 Å². The van der Waals surface area contributed by atoms with E-state index < -0.39 is 0 Å². The second kappa shape index (κ2) is 9.46. The Kier molecular flexibility index (Phi) is 6.92. The number of ether oxygens (including phenoxy) is 2. The second-order valence-corrected chi connectivity index (χ2v) is 5.09. The number of hydrogen-bond acceptors (Lipinski definition) is 3. The van der Waals surface area contributed by atoms with Crippen molar-refractivity contribution in [3.8, 4) is 5.75 Å². The van der Waals surface area contributed by atoms with E-state index in [1.807, 2.05) is 73.7 Å². The summed E-state index contributed by atoms with van der Waals surface area (Å²) in [4.78, 5) is 11.2. The average Bonchev–Trinajstić information content (AvgIpc) is 2.59. The van der Waals surface area contributed by atoms with E-state index in [9.17, 15) is 4.79 Å². The van der Waals surface area contributed by atoms with Crippen molar-refractivity contribution in [2.75, 3.05) is 6.61 Å². The lowest BCUT2D eigenvalue weighted by molar-refractivity contribution is -0.142. The molecule has 0 fully saturated rings. The molecule has 0 aliphatic heterocycles. The van der Waals surface area contributed by atoms with Crippen molar-refractivity contribution < 1.29 is 14.3 Å². The third kappa shape index (κ3) is 6.39. The van der Waals surface area contributed by atoms with Crippen LogP contribution < -0.4 is 4.74 Å². The van der Waals surface area contributed by atoms with Crippen LogP contribution in [0.2, 0.25) is 0 Å². The number of carbonyl (C=O) groups is 1. The van der Waals surface area contributed by atoms with Gasteiger partial charge in [0.25, 0.3) is 0 Å². The third-order valence-electron chi connectivity index (χ3n) is 3.26. The van der Waals surface area contributed by atoms with Crippen LogP contribution in [0.3, 0.4) is 0 Å². The van der Waals surface area contributed by atoms with Crippen molar-refractivity contribution in [2.45, 2.75) is 26.4 Å². The molecule has 0 N–H and O–H groups in total. The molecule has 2 aromatic rings. The number of hydrogen-bond donors (Lipinski definition) is 0. The summed E-state index contributed by atoms with van der Waals surface area (Å²) in [7, 11) is 0. The number of benzene rings is 2. The summed E-state index contributed by atoms with van der Waals surface area (Å²) in [6.45, 7) is 2.82. The van der Waals surface area contributed by atoms with Gasteiger partial charge in [0.05, 0.1) is 6.61 Å². The Morgan fingerprint density at radius 3 is 2.48 bits per heavy atom. The molecule has 2 aromatic carbocycles. The van der Waals surface area contributed by atoms with Gasteiger partial charge in [-0.3, -0.25) is 4.79 Å². The molecule has 0 spiro atoms. The van der Waals surface area contributed by atoms with E-state index in [1.165, 1.54) is 0 Å². The van der Waals surface area contributed by atoms with Gasteiger partial charge in [-0.25, -0.2) is 0 Å². The molecule has 0 aliphatic carbocycles. The number of carbonyl (C=O) groups excluding carboxylic acids is 1. The van der Waals surface area contributed by atoms with E-state index in [-0.39, 0.29) is 5.97 Å². The predicted octanol–water partition coefficient (Wildman–Crippen LogP) is 4.62. The molecular weight excluding hydrogens is 288 g/mol. The molecule has 0 atom stereocenters. The highest BCUT2D eigenvalue weighted by Crippen LogP contribution is 2.15. The van der Waals surface area contributed by atoms with Gasteiger partial charge < -0.3 is 9.47 Å². The highest BCUT2D eigenvalue weighted by molar-refractivity contribution is 5.69. The summed E-state index contributed by atoms with van der Waals surface area (Å²) in [6, 6.07) is 18.0. The van der Waals surface area contributed by atoms with Gasteiger partial charge >= 0.3 is 5.97 Å². The lowest BCUT2D eigenvalue weighted by Crippen LogP contribution is -2.02. The van der Waals surface area contributed by atoms with Gasteiger partial charge in [-0.15, -0.1) is 0 Å². The van der Waals surface area contributed by atoms with Crippen molar-refractivity contribution in [2.24, 2.45) is 0 Å². The van der Waals surface area contributed by atoms with Crippen LogP contribution in [0.25, 0.3) is 6.08 Å². The predicted molar refractivity (Wildman–Crippen MR) is 92.1 cm³/mol. The minimum Gasteiger partial charge on any atom is -0.489 e. The molecule has 0 amide bonds. The maximum Gasteiger partial charge on any atom is 0.306 e. The Hall–Kier alpha value is -2.55. The SMILES string of the molecule is CCOC(=O)CC/C=C\c1ccc(OCc2ccccc2)cc1. The molecular formula is C20H22O3. The van der Waals surface area contributed by atoms with Crippen molar-refractivity contribution in [1.29, 1.82) is 0 Å². The Morgan fingerprint density at radius 2 is 1.78 bits per heavy atom. The molecule has 3 heteroatoms. The fourth-order valence-corrected chi connectivity index (χ4v) is 2.07. The van der Waals surface area contributed by atoms with E-state index >= 15 is 0 Å². The first kappa shape index (κ1) is 16.8. The molecule has 0 saturated carbocycles. The Bertz CT molecular complexity index is 615. The van der Waals surface area contributed by atoms with Crippen LogP contribution in [0.15, 0.2) is 60.7 Å². The van der Waals surface area contributed by atoms with E-state index in [1.54, 1.807) is 0 Å². The fourth-order valence-electron chi connectivity index (χ4n) is 2.07. The van der Waals surface area contributed by atoms with E-state index in [2.05, 4.69) is 0 Å². The average molecular weight is 310 g/mol.